The molecule has 0 radical (unpaired) electrons. The normalized spacial score (nSPS) is 12.9. The van der Waals surface area contributed by atoms with Gasteiger partial charge in [-0.15, -0.1) is 0 Å². The zero-order valence-corrected chi connectivity index (χ0v) is 20.1. The highest BCUT2D eigenvalue weighted by Crippen LogP contribution is 2.34. The standard InChI is InChI=1S/C26H25FN2O4S/c1-15-5-8-23-21(9-15)22(14-28-23)26(30)25(20-7-6-16(27)10-24(20)33-3)29-17-11-18(32-2)13-19(12-17)34(4)31/h5-14,25,28-29H,1-4H3. The van der Waals surface area contributed by atoms with Gasteiger partial charge in [0.15, 0.2) is 5.78 Å². The number of ether oxygens (including phenoxy) is 2. The third kappa shape index (κ3) is 4.68. The number of H-pyrrole nitrogens is 1. The molecule has 0 amide bonds. The number of hydrogen-bond acceptors (Lipinski definition) is 5. The van der Waals surface area contributed by atoms with E-state index in [4.69, 9.17) is 9.47 Å². The molecule has 8 heteroatoms. The van der Waals surface area contributed by atoms with E-state index in [1.165, 1.54) is 32.4 Å². The Balaban J connectivity index is 1.86. The highest BCUT2D eigenvalue weighted by atomic mass is 32.2. The highest BCUT2D eigenvalue weighted by molar-refractivity contribution is 7.84. The Labute approximate surface area is 199 Å². The molecule has 0 saturated carbocycles. The molecule has 2 unspecified atom stereocenters. The van der Waals surface area contributed by atoms with Gasteiger partial charge in [-0.2, -0.15) is 0 Å². The smallest absolute Gasteiger partial charge is 0.191 e. The molecule has 176 valence electrons. The second-order valence-electron chi connectivity index (χ2n) is 7.93. The third-order valence-electron chi connectivity index (χ3n) is 5.63. The van der Waals surface area contributed by atoms with Gasteiger partial charge in [-0.25, -0.2) is 4.39 Å². The van der Waals surface area contributed by atoms with Crippen LogP contribution in [0.5, 0.6) is 11.5 Å². The van der Waals surface area contributed by atoms with Gasteiger partial charge in [0.05, 0.1) is 14.2 Å². The Hall–Kier alpha value is -3.65. The summed E-state index contributed by atoms with van der Waals surface area (Å²) in [6.45, 7) is 1.96. The van der Waals surface area contributed by atoms with Gasteiger partial charge in [-0.1, -0.05) is 11.6 Å². The molecule has 1 aromatic heterocycles. The minimum atomic E-state index is -1.27. The third-order valence-corrected chi connectivity index (χ3v) is 6.53. The lowest BCUT2D eigenvalue weighted by Crippen LogP contribution is -2.22. The molecular weight excluding hydrogens is 455 g/mol. The van der Waals surface area contributed by atoms with Gasteiger partial charge in [0.1, 0.15) is 23.4 Å². The van der Waals surface area contributed by atoms with Crippen molar-refractivity contribution < 1.29 is 22.9 Å². The zero-order chi connectivity index (χ0) is 24.4. The van der Waals surface area contributed by atoms with E-state index in [0.717, 1.165) is 16.5 Å². The Morgan fingerprint density at radius 1 is 1.06 bits per heavy atom. The molecule has 1 heterocycles. The molecular formula is C26H25FN2O4S. The molecule has 0 aliphatic rings. The maximum Gasteiger partial charge on any atom is 0.191 e. The van der Waals surface area contributed by atoms with E-state index in [2.05, 4.69) is 10.3 Å². The van der Waals surface area contributed by atoms with Crippen molar-refractivity contribution >= 4 is 33.2 Å². The van der Waals surface area contributed by atoms with Gasteiger partial charge in [0, 0.05) is 68.0 Å². The predicted molar refractivity (Wildman–Crippen MR) is 132 cm³/mol. The van der Waals surface area contributed by atoms with Gasteiger partial charge in [-0.05, 0) is 43.3 Å². The zero-order valence-electron chi connectivity index (χ0n) is 19.3. The minimum absolute atomic E-state index is 0.233. The molecule has 0 bridgehead atoms. The number of hydrogen-bond donors (Lipinski definition) is 2. The number of fused-ring (bicyclic) bond motifs is 1. The number of carbonyl (C=O) groups is 1. The summed E-state index contributed by atoms with van der Waals surface area (Å²) in [5.74, 6) is 0.0301. The lowest BCUT2D eigenvalue weighted by molar-refractivity contribution is 0.0970. The molecule has 2 atom stereocenters. The van der Waals surface area contributed by atoms with Crippen molar-refractivity contribution in [2.75, 3.05) is 25.8 Å². The van der Waals surface area contributed by atoms with E-state index >= 15 is 0 Å². The monoisotopic (exact) mass is 480 g/mol. The number of methoxy groups -OCH3 is 2. The number of benzene rings is 3. The van der Waals surface area contributed by atoms with Crippen LogP contribution in [0.3, 0.4) is 0 Å². The largest absolute Gasteiger partial charge is 0.497 e. The van der Waals surface area contributed by atoms with E-state index in [-0.39, 0.29) is 11.5 Å². The lowest BCUT2D eigenvalue weighted by atomic mass is 9.95. The van der Waals surface area contributed by atoms with Crippen LogP contribution >= 0.6 is 0 Å². The van der Waals surface area contributed by atoms with Crippen LogP contribution in [0.4, 0.5) is 10.1 Å². The molecule has 0 aliphatic carbocycles. The molecule has 6 nitrogen and oxygen atoms in total. The number of aromatic amines is 1. The summed E-state index contributed by atoms with van der Waals surface area (Å²) in [4.78, 5) is 17.6. The van der Waals surface area contributed by atoms with Crippen LogP contribution in [-0.4, -0.2) is 35.5 Å². The molecule has 4 rings (SSSR count). The van der Waals surface area contributed by atoms with Gasteiger partial charge < -0.3 is 19.8 Å². The summed E-state index contributed by atoms with van der Waals surface area (Å²) in [6.07, 6.45) is 3.24. The first-order valence-electron chi connectivity index (χ1n) is 10.5. The van der Waals surface area contributed by atoms with E-state index in [1.807, 2.05) is 25.1 Å². The van der Waals surface area contributed by atoms with Crippen LogP contribution in [0.1, 0.15) is 27.5 Å². The molecule has 2 N–H and O–H groups in total. The van der Waals surface area contributed by atoms with Crippen LogP contribution in [0.2, 0.25) is 0 Å². The fourth-order valence-electron chi connectivity index (χ4n) is 3.91. The number of ketones is 1. The van der Waals surface area contributed by atoms with Crippen molar-refractivity contribution in [3.05, 3.63) is 83.3 Å². The maximum atomic E-state index is 14.0. The number of rotatable bonds is 8. The number of nitrogens with one attached hydrogen (secondary N) is 2. The fraction of sp³-hybridized carbons (Fsp3) is 0.192. The first-order chi connectivity index (χ1) is 16.3. The van der Waals surface area contributed by atoms with Gasteiger partial charge >= 0.3 is 0 Å². The first-order valence-corrected chi connectivity index (χ1v) is 12.1. The SMILES string of the molecule is COc1cc(NC(C(=O)c2c[nH]c3ccc(C)cc23)c2ccc(F)cc2OC)cc(S(C)=O)c1. The number of Topliss-reactive ketones (excluding diaryl/α,β-unsaturated/α-hetero) is 1. The quantitative estimate of drug-likeness (QED) is 0.330. The number of anilines is 1. The Morgan fingerprint density at radius 2 is 1.85 bits per heavy atom. The van der Waals surface area contributed by atoms with Crippen molar-refractivity contribution in [3.8, 4) is 11.5 Å². The molecule has 3 aromatic carbocycles. The number of carbonyl (C=O) groups excluding carboxylic acids is 1. The summed E-state index contributed by atoms with van der Waals surface area (Å²) in [5.41, 5.74) is 3.35. The second kappa shape index (κ2) is 9.69. The summed E-state index contributed by atoms with van der Waals surface area (Å²) in [7, 11) is 1.68. The van der Waals surface area contributed by atoms with E-state index < -0.39 is 22.7 Å². The van der Waals surface area contributed by atoms with Crippen molar-refractivity contribution in [2.24, 2.45) is 0 Å². The summed E-state index contributed by atoms with van der Waals surface area (Å²) in [5, 5.41) is 4.04. The average molecular weight is 481 g/mol. The maximum absolute atomic E-state index is 14.0. The highest BCUT2D eigenvalue weighted by Gasteiger charge is 2.28. The van der Waals surface area contributed by atoms with E-state index in [0.29, 0.717) is 27.5 Å². The van der Waals surface area contributed by atoms with E-state index in [1.54, 1.807) is 30.7 Å². The number of aromatic nitrogens is 1. The van der Waals surface area contributed by atoms with Crippen molar-refractivity contribution in [1.29, 1.82) is 0 Å². The molecule has 34 heavy (non-hydrogen) atoms. The van der Waals surface area contributed by atoms with Crippen LogP contribution in [-0.2, 0) is 10.8 Å². The van der Waals surface area contributed by atoms with Crippen LogP contribution in [0.15, 0.2) is 65.7 Å². The van der Waals surface area contributed by atoms with Gasteiger partial charge in [0.2, 0.25) is 0 Å². The molecule has 0 fully saturated rings. The average Bonchev–Trinajstić information content (AvgIpc) is 3.25. The number of halogens is 1. The van der Waals surface area contributed by atoms with Gasteiger partial charge in [0.25, 0.3) is 0 Å². The topological polar surface area (TPSA) is 80.4 Å². The van der Waals surface area contributed by atoms with Crippen LogP contribution in [0.25, 0.3) is 10.9 Å². The molecule has 0 aliphatic heterocycles. The predicted octanol–water partition coefficient (Wildman–Crippen LogP) is 5.41. The molecule has 4 aromatic rings. The van der Waals surface area contributed by atoms with E-state index in [9.17, 15) is 13.4 Å². The lowest BCUT2D eigenvalue weighted by Gasteiger charge is -2.22. The summed E-state index contributed by atoms with van der Waals surface area (Å²) >= 11 is 0. The Kier molecular flexibility index (Phi) is 6.70. The summed E-state index contributed by atoms with van der Waals surface area (Å²) < 4.78 is 36.9. The van der Waals surface area contributed by atoms with Gasteiger partial charge in [-0.3, -0.25) is 9.00 Å². The molecule has 0 saturated heterocycles. The Morgan fingerprint density at radius 3 is 2.56 bits per heavy atom. The Bertz CT molecular complexity index is 1400. The summed E-state index contributed by atoms with van der Waals surface area (Å²) in [6, 6.07) is 14.1. The van der Waals surface area contributed by atoms with Crippen LogP contribution < -0.4 is 14.8 Å². The van der Waals surface area contributed by atoms with Crippen molar-refractivity contribution in [1.82, 2.24) is 4.98 Å². The first kappa shape index (κ1) is 23.5. The van der Waals surface area contributed by atoms with Crippen molar-refractivity contribution in [2.45, 2.75) is 17.9 Å². The minimum Gasteiger partial charge on any atom is -0.497 e. The van der Waals surface area contributed by atoms with Crippen molar-refractivity contribution in [3.63, 3.8) is 0 Å². The second-order valence-corrected chi connectivity index (χ2v) is 9.31. The molecule has 0 spiro atoms. The van der Waals surface area contributed by atoms with Crippen LogP contribution in [0, 0.1) is 12.7 Å². The number of aryl methyl sites for hydroxylation is 1. The fourth-order valence-corrected chi connectivity index (χ4v) is 4.48.